The second kappa shape index (κ2) is 10.2. The van der Waals surface area contributed by atoms with Crippen molar-refractivity contribution in [3.63, 3.8) is 0 Å². The average Bonchev–Trinajstić information content (AvgIpc) is 2.69. The number of rotatable bonds is 9. The smallest absolute Gasteiger partial charge is 0.292 e. The zero-order valence-electron chi connectivity index (χ0n) is 17.5. The molecule has 1 saturated heterocycles. The van der Waals surface area contributed by atoms with Crippen molar-refractivity contribution < 1.29 is 14.5 Å². The molecule has 1 heterocycles. The van der Waals surface area contributed by atoms with Gasteiger partial charge in [-0.2, -0.15) is 0 Å². The third-order valence-electron chi connectivity index (χ3n) is 5.50. The van der Waals surface area contributed by atoms with Gasteiger partial charge in [0.25, 0.3) is 5.69 Å². The molecule has 1 fully saturated rings. The van der Waals surface area contributed by atoms with E-state index in [1.165, 1.54) is 6.07 Å². The minimum absolute atomic E-state index is 0.0295. The number of carbonyl (C=O) groups excluding carboxylic acids is 2. The first-order valence-electron chi connectivity index (χ1n) is 10.3. The molecule has 2 rings (SSSR count). The van der Waals surface area contributed by atoms with Crippen molar-refractivity contribution in [3.8, 4) is 0 Å². The van der Waals surface area contributed by atoms with Crippen LogP contribution in [0.5, 0.6) is 0 Å². The summed E-state index contributed by atoms with van der Waals surface area (Å²) in [6, 6.07) is 6.66. The van der Waals surface area contributed by atoms with Crippen LogP contribution >= 0.6 is 0 Å². The third kappa shape index (κ3) is 5.68. The Hall–Kier alpha value is -2.64. The SMILES string of the molecule is CCC[C@H](C(N)=O)[C@@H](CC(C)C)C(=O)N1CCN(c2ccccc2[N+](=O)[O-])CC1. The number of nitrogens with zero attached hydrogens (tertiary/aromatic N) is 3. The van der Waals surface area contributed by atoms with Crippen molar-refractivity contribution in [3.05, 3.63) is 34.4 Å². The van der Waals surface area contributed by atoms with Crippen molar-refractivity contribution in [2.45, 2.75) is 40.0 Å². The molecule has 0 spiro atoms. The highest BCUT2D eigenvalue weighted by molar-refractivity contribution is 5.87. The van der Waals surface area contributed by atoms with Gasteiger partial charge in [0.05, 0.1) is 4.92 Å². The van der Waals surface area contributed by atoms with Crippen LogP contribution in [0.1, 0.15) is 40.0 Å². The van der Waals surface area contributed by atoms with Gasteiger partial charge in [-0.1, -0.05) is 39.3 Å². The monoisotopic (exact) mass is 404 g/mol. The maximum atomic E-state index is 13.3. The topological polar surface area (TPSA) is 110 Å². The summed E-state index contributed by atoms with van der Waals surface area (Å²) in [4.78, 5) is 39.9. The zero-order chi connectivity index (χ0) is 21.6. The summed E-state index contributed by atoms with van der Waals surface area (Å²) in [7, 11) is 0. The fourth-order valence-electron chi connectivity index (χ4n) is 4.09. The van der Waals surface area contributed by atoms with Gasteiger partial charge in [-0.3, -0.25) is 19.7 Å². The molecular formula is C21H32N4O4. The van der Waals surface area contributed by atoms with Gasteiger partial charge in [0, 0.05) is 44.1 Å². The molecular weight excluding hydrogens is 372 g/mol. The van der Waals surface area contributed by atoms with Crippen LogP contribution in [0.4, 0.5) is 11.4 Å². The average molecular weight is 405 g/mol. The molecule has 0 aromatic heterocycles. The molecule has 0 unspecified atom stereocenters. The van der Waals surface area contributed by atoms with E-state index < -0.39 is 17.7 Å². The Labute approximate surface area is 172 Å². The van der Waals surface area contributed by atoms with Gasteiger partial charge in [0.15, 0.2) is 0 Å². The largest absolute Gasteiger partial charge is 0.369 e. The highest BCUT2D eigenvalue weighted by Gasteiger charge is 2.36. The van der Waals surface area contributed by atoms with Crippen LogP contribution in [0.15, 0.2) is 24.3 Å². The molecule has 8 nitrogen and oxygen atoms in total. The molecule has 0 bridgehead atoms. The number of hydrogen-bond acceptors (Lipinski definition) is 5. The van der Waals surface area contributed by atoms with Crippen LogP contribution in [-0.4, -0.2) is 47.8 Å². The summed E-state index contributed by atoms with van der Waals surface area (Å²) in [5.41, 5.74) is 6.27. The lowest BCUT2D eigenvalue weighted by molar-refractivity contribution is -0.384. The van der Waals surface area contributed by atoms with Crippen LogP contribution in [0.2, 0.25) is 0 Å². The first-order valence-corrected chi connectivity index (χ1v) is 10.3. The Bertz CT molecular complexity index is 729. The lowest BCUT2D eigenvalue weighted by Gasteiger charge is -2.38. The summed E-state index contributed by atoms with van der Waals surface area (Å²) in [5, 5.41) is 11.3. The summed E-state index contributed by atoms with van der Waals surface area (Å²) in [6.45, 7) is 8.03. The van der Waals surface area contributed by atoms with Crippen LogP contribution in [-0.2, 0) is 9.59 Å². The van der Waals surface area contributed by atoms with Gasteiger partial charge in [-0.25, -0.2) is 0 Å². The minimum atomic E-state index is -0.455. The molecule has 2 atom stereocenters. The number of amides is 2. The molecule has 1 aromatic carbocycles. The minimum Gasteiger partial charge on any atom is -0.369 e. The number of benzene rings is 1. The van der Waals surface area contributed by atoms with E-state index in [1.807, 2.05) is 25.7 Å². The second-order valence-corrected chi connectivity index (χ2v) is 8.09. The summed E-state index contributed by atoms with van der Waals surface area (Å²) in [5.74, 6) is -1.04. The Morgan fingerprint density at radius 3 is 2.28 bits per heavy atom. The predicted octanol–water partition coefficient (Wildman–Crippen LogP) is 2.81. The molecule has 29 heavy (non-hydrogen) atoms. The first kappa shape index (κ1) is 22.6. The quantitative estimate of drug-likeness (QED) is 0.503. The predicted molar refractivity (Wildman–Crippen MR) is 112 cm³/mol. The Morgan fingerprint density at radius 1 is 1.14 bits per heavy atom. The van der Waals surface area contributed by atoms with Gasteiger partial charge in [-0.15, -0.1) is 0 Å². The lowest BCUT2D eigenvalue weighted by Crippen LogP contribution is -2.52. The van der Waals surface area contributed by atoms with Crippen LogP contribution in [0, 0.1) is 27.9 Å². The van der Waals surface area contributed by atoms with E-state index in [0.717, 1.165) is 6.42 Å². The van der Waals surface area contributed by atoms with E-state index in [-0.39, 0.29) is 22.4 Å². The molecule has 2 N–H and O–H groups in total. The first-order chi connectivity index (χ1) is 13.8. The number of anilines is 1. The van der Waals surface area contributed by atoms with E-state index in [0.29, 0.717) is 44.7 Å². The number of nitrogens with two attached hydrogens (primary N) is 1. The molecule has 1 aliphatic heterocycles. The van der Waals surface area contributed by atoms with Gasteiger partial charge in [0.2, 0.25) is 11.8 Å². The standard InChI is InChI=1S/C21H32N4O4/c1-4-7-16(20(22)26)17(14-15(2)3)21(27)24-12-10-23(11-13-24)18-8-5-6-9-19(18)25(28)29/h5-6,8-9,15-17H,4,7,10-14H2,1-3H3,(H2,22,26)/t16-,17+/m0/s1. The summed E-state index contributed by atoms with van der Waals surface area (Å²) in [6.07, 6.45) is 2.02. The second-order valence-electron chi connectivity index (χ2n) is 8.09. The maximum absolute atomic E-state index is 13.3. The molecule has 160 valence electrons. The molecule has 1 aliphatic rings. The Morgan fingerprint density at radius 2 is 1.76 bits per heavy atom. The van der Waals surface area contributed by atoms with Crippen LogP contribution in [0.25, 0.3) is 0 Å². The van der Waals surface area contributed by atoms with E-state index in [4.69, 9.17) is 5.73 Å². The van der Waals surface area contributed by atoms with Gasteiger partial charge < -0.3 is 15.5 Å². The molecule has 0 radical (unpaired) electrons. The number of para-hydroxylation sites is 2. The van der Waals surface area contributed by atoms with Gasteiger partial charge in [-0.05, 0) is 24.8 Å². The molecule has 8 heteroatoms. The Kier molecular flexibility index (Phi) is 7.99. The zero-order valence-corrected chi connectivity index (χ0v) is 17.5. The number of primary amides is 1. The summed E-state index contributed by atoms with van der Waals surface area (Å²) < 4.78 is 0. The van der Waals surface area contributed by atoms with Crippen molar-refractivity contribution >= 4 is 23.2 Å². The van der Waals surface area contributed by atoms with Crippen molar-refractivity contribution in [2.75, 3.05) is 31.1 Å². The number of nitro benzene ring substituents is 1. The van der Waals surface area contributed by atoms with Gasteiger partial charge >= 0.3 is 0 Å². The normalized spacial score (nSPS) is 16.6. The lowest BCUT2D eigenvalue weighted by atomic mass is 9.81. The van der Waals surface area contributed by atoms with Gasteiger partial charge in [0.1, 0.15) is 5.69 Å². The van der Waals surface area contributed by atoms with E-state index >= 15 is 0 Å². The molecule has 0 saturated carbocycles. The third-order valence-corrected chi connectivity index (χ3v) is 5.50. The van der Waals surface area contributed by atoms with Crippen LogP contribution in [0.3, 0.4) is 0 Å². The molecule has 2 amide bonds. The number of carbonyl (C=O) groups is 2. The highest BCUT2D eigenvalue weighted by Crippen LogP contribution is 2.30. The molecule has 1 aromatic rings. The molecule has 0 aliphatic carbocycles. The van der Waals surface area contributed by atoms with E-state index in [9.17, 15) is 19.7 Å². The fraction of sp³-hybridized carbons (Fsp3) is 0.619. The fourth-order valence-corrected chi connectivity index (χ4v) is 4.09. The number of nitro groups is 1. The number of piperazine rings is 1. The number of hydrogen-bond donors (Lipinski definition) is 1. The maximum Gasteiger partial charge on any atom is 0.292 e. The highest BCUT2D eigenvalue weighted by atomic mass is 16.6. The van der Waals surface area contributed by atoms with Crippen molar-refractivity contribution in [1.82, 2.24) is 4.90 Å². The van der Waals surface area contributed by atoms with Crippen LogP contribution < -0.4 is 10.6 Å². The van der Waals surface area contributed by atoms with E-state index in [1.54, 1.807) is 23.1 Å². The summed E-state index contributed by atoms with van der Waals surface area (Å²) >= 11 is 0. The van der Waals surface area contributed by atoms with E-state index in [2.05, 4.69) is 0 Å². The Balaban J connectivity index is 2.12. The van der Waals surface area contributed by atoms with Crippen molar-refractivity contribution in [1.29, 1.82) is 0 Å². The van der Waals surface area contributed by atoms with Crippen molar-refractivity contribution in [2.24, 2.45) is 23.5 Å².